The minimum atomic E-state index is -0.307. The second-order valence-corrected chi connectivity index (χ2v) is 9.27. The number of halogens is 1. The molecule has 1 aliphatic rings. The van der Waals surface area contributed by atoms with E-state index in [2.05, 4.69) is 15.5 Å². The van der Waals surface area contributed by atoms with Crippen molar-refractivity contribution < 1.29 is 18.3 Å². The van der Waals surface area contributed by atoms with Crippen LogP contribution in [0.15, 0.2) is 64.2 Å². The maximum Gasteiger partial charge on any atom is 0.231 e. The van der Waals surface area contributed by atoms with Crippen LogP contribution in [0, 0.1) is 5.82 Å². The van der Waals surface area contributed by atoms with Crippen LogP contribution in [0.4, 0.5) is 4.39 Å². The molecule has 1 fully saturated rings. The molecule has 2 atom stereocenters. The maximum atomic E-state index is 13.4. The van der Waals surface area contributed by atoms with Gasteiger partial charge in [-0.05, 0) is 56.2 Å². The zero-order valence-corrected chi connectivity index (χ0v) is 19.6. The molecule has 0 unspecified atom stereocenters. The SMILES string of the molecule is C[C@H](NC(=O)CSc1nnc(-c2ccc(F)cc2)n1C[C@@H]1CCCO1)c1cc2ccccc2o1. The van der Waals surface area contributed by atoms with Crippen molar-refractivity contribution in [2.45, 2.75) is 43.6 Å². The van der Waals surface area contributed by atoms with Gasteiger partial charge in [0.1, 0.15) is 17.2 Å². The number of rotatable bonds is 8. The molecule has 4 aromatic rings. The smallest absolute Gasteiger partial charge is 0.231 e. The minimum absolute atomic E-state index is 0.0662. The molecule has 2 aromatic carbocycles. The summed E-state index contributed by atoms with van der Waals surface area (Å²) in [6.07, 6.45) is 2.04. The third-order valence-corrected chi connectivity index (χ3v) is 6.78. The zero-order chi connectivity index (χ0) is 23.5. The van der Waals surface area contributed by atoms with Crippen LogP contribution in [0.25, 0.3) is 22.4 Å². The fourth-order valence-electron chi connectivity index (χ4n) is 4.06. The number of ether oxygens (including phenoxy) is 1. The molecule has 1 aliphatic heterocycles. The van der Waals surface area contributed by atoms with Gasteiger partial charge in [-0.1, -0.05) is 30.0 Å². The largest absolute Gasteiger partial charge is 0.459 e. The molecule has 2 aromatic heterocycles. The topological polar surface area (TPSA) is 82.2 Å². The number of benzene rings is 2. The number of para-hydroxylation sites is 1. The van der Waals surface area contributed by atoms with Crippen molar-refractivity contribution in [3.8, 4) is 11.4 Å². The highest BCUT2D eigenvalue weighted by molar-refractivity contribution is 7.99. The summed E-state index contributed by atoms with van der Waals surface area (Å²) in [4.78, 5) is 12.7. The molecule has 7 nitrogen and oxygen atoms in total. The molecule has 0 saturated carbocycles. The van der Waals surface area contributed by atoms with Crippen LogP contribution in [-0.2, 0) is 16.1 Å². The number of aromatic nitrogens is 3. The molecule has 0 radical (unpaired) electrons. The third kappa shape index (κ3) is 5.00. The van der Waals surface area contributed by atoms with Crippen LogP contribution in [0.2, 0.25) is 0 Å². The third-order valence-electron chi connectivity index (χ3n) is 5.81. The Kier molecular flexibility index (Phi) is 6.64. The Balaban J connectivity index is 1.28. The van der Waals surface area contributed by atoms with Gasteiger partial charge in [-0.2, -0.15) is 0 Å². The number of carbonyl (C=O) groups is 1. The van der Waals surface area contributed by atoms with Gasteiger partial charge >= 0.3 is 0 Å². The summed E-state index contributed by atoms with van der Waals surface area (Å²) in [7, 11) is 0. The highest BCUT2D eigenvalue weighted by Gasteiger charge is 2.23. The molecular formula is C25H25FN4O3S. The number of fused-ring (bicyclic) bond motifs is 1. The van der Waals surface area contributed by atoms with Crippen molar-refractivity contribution >= 4 is 28.6 Å². The molecule has 0 bridgehead atoms. The van der Waals surface area contributed by atoms with Gasteiger partial charge in [-0.25, -0.2) is 4.39 Å². The number of nitrogens with one attached hydrogen (secondary N) is 1. The Hall–Kier alpha value is -3.17. The van der Waals surface area contributed by atoms with Crippen LogP contribution >= 0.6 is 11.8 Å². The first kappa shape index (κ1) is 22.6. The van der Waals surface area contributed by atoms with Crippen molar-refractivity contribution in [3.05, 3.63) is 66.2 Å². The van der Waals surface area contributed by atoms with Crippen molar-refractivity contribution in [1.29, 1.82) is 0 Å². The van der Waals surface area contributed by atoms with Gasteiger partial charge < -0.3 is 14.5 Å². The number of thioether (sulfide) groups is 1. The first-order chi connectivity index (χ1) is 16.6. The van der Waals surface area contributed by atoms with E-state index in [1.165, 1.54) is 23.9 Å². The van der Waals surface area contributed by atoms with Gasteiger partial charge in [0.2, 0.25) is 5.91 Å². The minimum Gasteiger partial charge on any atom is -0.459 e. The van der Waals surface area contributed by atoms with Gasteiger partial charge in [0.15, 0.2) is 11.0 Å². The Bertz CT molecular complexity index is 1250. The van der Waals surface area contributed by atoms with E-state index in [-0.39, 0.29) is 29.6 Å². The molecule has 34 heavy (non-hydrogen) atoms. The van der Waals surface area contributed by atoms with Crippen molar-refractivity contribution in [1.82, 2.24) is 20.1 Å². The van der Waals surface area contributed by atoms with Gasteiger partial charge in [-0.3, -0.25) is 9.36 Å². The summed E-state index contributed by atoms with van der Waals surface area (Å²) in [5.41, 5.74) is 1.56. The lowest BCUT2D eigenvalue weighted by molar-refractivity contribution is -0.119. The summed E-state index contributed by atoms with van der Waals surface area (Å²) < 4.78 is 27.0. The van der Waals surface area contributed by atoms with E-state index in [9.17, 15) is 9.18 Å². The molecule has 0 aliphatic carbocycles. The van der Waals surface area contributed by atoms with Gasteiger partial charge in [-0.15, -0.1) is 10.2 Å². The highest BCUT2D eigenvalue weighted by Crippen LogP contribution is 2.27. The molecule has 5 rings (SSSR count). The predicted molar refractivity (Wildman–Crippen MR) is 128 cm³/mol. The van der Waals surface area contributed by atoms with E-state index >= 15 is 0 Å². The van der Waals surface area contributed by atoms with E-state index in [1.54, 1.807) is 12.1 Å². The molecular weight excluding hydrogens is 455 g/mol. The van der Waals surface area contributed by atoms with Crippen LogP contribution in [0.5, 0.6) is 0 Å². The number of amides is 1. The Morgan fingerprint density at radius 2 is 2.06 bits per heavy atom. The second-order valence-electron chi connectivity index (χ2n) is 8.32. The Morgan fingerprint density at radius 3 is 2.82 bits per heavy atom. The predicted octanol–water partition coefficient (Wildman–Crippen LogP) is 4.98. The average Bonchev–Trinajstić information content (AvgIpc) is 3.59. The zero-order valence-electron chi connectivity index (χ0n) is 18.7. The van der Waals surface area contributed by atoms with Crippen molar-refractivity contribution in [2.24, 2.45) is 0 Å². The van der Waals surface area contributed by atoms with Crippen LogP contribution < -0.4 is 5.32 Å². The maximum absolute atomic E-state index is 13.4. The van der Waals surface area contributed by atoms with Crippen LogP contribution in [0.1, 0.15) is 31.6 Å². The summed E-state index contributed by atoms with van der Waals surface area (Å²) in [5, 5.41) is 13.3. The molecule has 3 heterocycles. The van der Waals surface area contributed by atoms with Gasteiger partial charge in [0.05, 0.1) is 24.4 Å². The van der Waals surface area contributed by atoms with E-state index in [1.807, 2.05) is 41.8 Å². The first-order valence-electron chi connectivity index (χ1n) is 11.3. The van der Waals surface area contributed by atoms with Crippen LogP contribution in [-0.4, -0.2) is 39.1 Å². The number of hydrogen-bond donors (Lipinski definition) is 1. The molecule has 176 valence electrons. The van der Waals surface area contributed by atoms with E-state index in [4.69, 9.17) is 9.15 Å². The average molecular weight is 481 g/mol. The van der Waals surface area contributed by atoms with Crippen molar-refractivity contribution in [3.63, 3.8) is 0 Å². The number of furan rings is 1. The Labute approximate surface area is 200 Å². The quantitative estimate of drug-likeness (QED) is 0.358. The summed E-state index contributed by atoms with van der Waals surface area (Å²) in [5.74, 6) is 1.08. The lowest BCUT2D eigenvalue weighted by Crippen LogP contribution is -2.28. The Morgan fingerprint density at radius 1 is 1.24 bits per heavy atom. The fraction of sp³-hybridized carbons (Fsp3) is 0.320. The summed E-state index contributed by atoms with van der Waals surface area (Å²) in [6.45, 7) is 3.22. The number of hydrogen-bond acceptors (Lipinski definition) is 6. The summed E-state index contributed by atoms with van der Waals surface area (Å²) in [6, 6.07) is 15.6. The second kappa shape index (κ2) is 9.99. The normalized spacial score (nSPS) is 16.7. The molecule has 1 saturated heterocycles. The number of nitrogens with zero attached hydrogens (tertiary/aromatic N) is 3. The molecule has 1 N–H and O–H groups in total. The van der Waals surface area contributed by atoms with Gasteiger partial charge in [0, 0.05) is 17.6 Å². The number of carbonyl (C=O) groups excluding carboxylic acids is 1. The van der Waals surface area contributed by atoms with Crippen LogP contribution in [0.3, 0.4) is 0 Å². The lowest BCUT2D eigenvalue weighted by atomic mass is 10.2. The monoisotopic (exact) mass is 480 g/mol. The fourth-order valence-corrected chi connectivity index (χ4v) is 4.82. The van der Waals surface area contributed by atoms with Crippen molar-refractivity contribution in [2.75, 3.05) is 12.4 Å². The van der Waals surface area contributed by atoms with E-state index < -0.39 is 0 Å². The molecule has 0 spiro atoms. The van der Waals surface area contributed by atoms with Gasteiger partial charge in [0.25, 0.3) is 0 Å². The molecule has 1 amide bonds. The standard InChI is InChI=1S/C25H25FN4O3S/c1-16(22-13-18-5-2-3-7-21(18)33-22)27-23(31)15-34-25-29-28-24(17-8-10-19(26)11-9-17)30(25)14-20-6-4-12-32-20/h2-3,5,7-11,13,16,20H,4,6,12,14-15H2,1H3,(H,27,31)/t16-,20-/m0/s1. The van der Waals surface area contributed by atoms with E-state index in [0.29, 0.717) is 23.3 Å². The highest BCUT2D eigenvalue weighted by atomic mass is 32.2. The first-order valence-corrected chi connectivity index (χ1v) is 12.3. The summed E-state index contributed by atoms with van der Waals surface area (Å²) >= 11 is 1.32. The lowest BCUT2D eigenvalue weighted by Gasteiger charge is -2.15. The van der Waals surface area contributed by atoms with E-state index in [0.717, 1.165) is 36.0 Å². The molecule has 9 heteroatoms.